The van der Waals surface area contributed by atoms with Crippen LogP contribution in [0.1, 0.15) is 12.5 Å². The van der Waals surface area contributed by atoms with Gasteiger partial charge in [-0.2, -0.15) is 0 Å². The largest absolute Gasteiger partial charge is 0.411 e. The summed E-state index contributed by atoms with van der Waals surface area (Å²) in [6.45, 7) is 1.66. The Morgan fingerprint density at radius 2 is 2.27 bits per heavy atom. The summed E-state index contributed by atoms with van der Waals surface area (Å²) >= 11 is 12.7. The monoisotopic (exact) mass is 209 g/mol. The Hall–Kier alpha value is -0.250. The van der Waals surface area contributed by atoms with Gasteiger partial charge >= 0.3 is 0 Å². The average molecular weight is 210 g/mol. The molecule has 0 aliphatic carbocycles. The first-order chi connectivity index (χ1) is 5.15. The summed E-state index contributed by atoms with van der Waals surface area (Å²) in [6.07, 6.45) is 0. The van der Waals surface area contributed by atoms with Crippen molar-refractivity contribution in [2.75, 3.05) is 0 Å². The molecule has 0 bridgehead atoms. The van der Waals surface area contributed by atoms with Crippen molar-refractivity contribution in [3.63, 3.8) is 0 Å². The highest BCUT2D eigenvalue weighted by Gasteiger charge is 2.08. The number of thiophene rings is 1. The standard InChI is InChI=1S/C6H5Cl2NOS/c1-3(9-10)4-2-5(7)11-6(4)8/h2,10H,1H3/b9-3-. The first-order valence-corrected chi connectivity index (χ1v) is 4.36. The third kappa shape index (κ3) is 1.86. The molecule has 0 amide bonds. The summed E-state index contributed by atoms with van der Waals surface area (Å²) in [4.78, 5) is 0. The molecule has 0 aliphatic heterocycles. The smallest absolute Gasteiger partial charge is 0.104 e. The molecule has 0 saturated carbocycles. The normalized spacial score (nSPS) is 12.1. The zero-order valence-electron chi connectivity index (χ0n) is 5.64. The minimum Gasteiger partial charge on any atom is -0.411 e. The van der Waals surface area contributed by atoms with Gasteiger partial charge in [0.2, 0.25) is 0 Å². The lowest BCUT2D eigenvalue weighted by Crippen LogP contribution is -1.91. The minimum atomic E-state index is 0.471. The lowest BCUT2D eigenvalue weighted by atomic mass is 10.2. The van der Waals surface area contributed by atoms with Gasteiger partial charge in [-0.3, -0.25) is 0 Å². The number of halogens is 2. The molecule has 0 unspecified atom stereocenters. The van der Waals surface area contributed by atoms with Crippen molar-refractivity contribution in [2.24, 2.45) is 5.16 Å². The number of hydrogen-bond donors (Lipinski definition) is 1. The lowest BCUT2D eigenvalue weighted by molar-refractivity contribution is 0.319. The maximum Gasteiger partial charge on any atom is 0.104 e. The molecule has 1 aromatic rings. The summed E-state index contributed by atoms with van der Waals surface area (Å²) in [7, 11) is 0. The molecule has 2 nitrogen and oxygen atoms in total. The molecule has 0 radical (unpaired) electrons. The van der Waals surface area contributed by atoms with Crippen LogP contribution in [0.25, 0.3) is 0 Å². The zero-order valence-corrected chi connectivity index (χ0v) is 7.96. The summed E-state index contributed by atoms with van der Waals surface area (Å²) in [5.41, 5.74) is 1.15. The van der Waals surface area contributed by atoms with E-state index in [1.165, 1.54) is 11.3 Å². The van der Waals surface area contributed by atoms with Gasteiger partial charge in [0.15, 0.2) is 0 Å². The highest BCUT2D eigenvalue weighted by molar-refractivity contribution is 7.20. The van der Waals surface area contributed by atoms with Gasteiger partial charge in [-0.25, -0.2) is 0 Å². The second kappa shape index (κ2) is 3.43. The Morgan fingerprint density at radius 1 is 1.64 bits per heavy atom. The Labute approximate surface area is 78.1 Å². The lowest BCUT2D eigenvalue weighted by Gasteiger charge is -1.91. The van der Waals surface area contributed by atoms with E-state index in [0.717, 1.165) is 0 Å². The van der Waals surface area contributed by atoms with Crippen molar-refractivity contribution in [3.05, 3.63) is 20.3 Å². The van der Waals surface area contributed by atoms with Crippen LogP contribution in [-0.4, -0.2) is 10.9 Å². The number of nitrogens with zero attached hydrogens (tertiary/aromatic N) is 1. The highest BCUT2D eigenvalue weighted by Crippen LogP contribution is 2.31. The van der Waals surface area contributed by atoms with E-state index in [2.05, 4.69) is 5.16 Å². The summed E-state index contributed by atoms with van der Waals surface area (Å²) in [5.74, 6) is 0. The van der Waals surface area contributed by atoms with Gasteiger partial charge < -0.3 is 5.21 Å². The Morgan fingerprint density at radius 3 is 2.64 bits per heavy atom. The van der Waals surface area contributed by atoms with E-state index in [1.807, 2.05) is 0 Å². The molecule has 0 atom stereocenters. The van der Waals surface area contributed by atoms with Crippen molar-refractivity contribution < 1.29 is 5.21 Å². The van der Waals surface area contributed by atoms with E-state index in [4.69, 9.17) is 28.4 Å². The second-order valence-corrected chi connectivity index (χ2v) is 4.21. The Balaban J connectivity index is 3.13. The molecular formula is C6H5Cl2NOS. The molecular weight excluding hydrogens is 205 g/mol. The molecule has 0 fully saturated rings. The van der Waals surface area contributed by atoms with E-state index >= 15 is 0 Å². The molecule has 60 valence electrons. The first kappa shape index (κ1) is 8.84. The van der Waals surface area contributed by atoms with Gasteiger partial charge in [0, 0.05) is 5.56 Å². The van der Waals surface area contributed by atoms with Crippen LogP contribution in [0.2, 0.25) is 8.67 Å². The van der Waals surface area contributed by atoms with Crippen LogP contribution >= 0.6 is 34.5 Å². The van der Waals surface area contributed by atoms with Crippen molar-refractivity contribution >= 4 is 40.3 Å². The molecule has 1 N–H and O–H groups in total. The zero-order chi connectivity index (χ0) is 8.43. The molecule has 0 aliphatic rings. The van der Waals surface area contributed by atoms with Gasteiger partial charge in [0.1, 0.15) is 4.34 Å². The maximum absolute atomic E-state index is 8.41. The van der Waals surface area contributed by atoms with Crippen LogP contribution < -0.4 is 0 Å². The van der Waals surface area contributed by atoms with Crippen molar-refractivity contribution in [1.29, 1.82) is 0 Å². The van der Waals surface area contributed by atoms with Gasteiger partial charge in [-0.15, -0.1) is 11.3 Å². The summed E-state index contributed by atoms with van der Waals surface area (Å²) in [6, 6.07) is 1.67. The summed E-state index contributed by atoms with van der Waals surface area (Å²) < 4.78 is 1.14. The SMILES string of the molecule is C/C(=N/O)c1cc(Cl)sc1Cl. The topological polar surface area (TPSA) is 32.6 Å². The Bertz CT molecular complexity index is 295. The number of hydrogen-bond acceptors (Lipinski definition) is 3. The fourth-order valence-electron chi connectivity index (χ4n) is 0.641. The predicted octanol–water partition coefficient (Wildman–Crippen LogP) is 3.25. The fraction of sp³-hybridized carbons (Fsp3) is 0.167. The second-order valence-electron chi connectivity index (χ2n) is 1.92. The summed E-state index contributed by atoms with van der Waals surface area (Å²) in [5, 5.41) is 11.4. The van der Waals surface area contributed by atoms with Gasteiger partial charge in [0.05, 0.1) is 10.0 Å². The quantitative estimate of drug-likeness (QED) is 0.430. The van der Waals surface area contributed by atoms with Gasteiger partial charge in [-0.1, -0.05) is 28.4 Å². The third-order valence-corrected chi connectivity index (χ3v) is 2.68. The van der Waals surface area contributed by atoms with Crippen LogP contribution in [-0.2, 0) is 0 Å². The van der Waals surface area contributed by atoms with E-state index in [1.54, 1.807) is 13.0 Å². The van der Waals surface area contributed by atoms with Gasteiger partial charge in [-0.05, 0) is 13.0 Å². The van der Waals surface area contributed by atoms with E-state index in [-0.39, 0.29) is 0 Å². The third-order valence-electron chi connectivity index (χ3n) is 1.20. The molecule has 0 aromatic carbocycles. The van der Waals surface area contributed by atoms with E-state index < -0.39 is 0 Å². The van der Waals surface area contributed by atoms with Gasteiger partial charge in [0.25, 0.3) is 0 Å². The van der Waals surface area contributed by atoms with Crippen LogP contribution in [0.5, 0.6) is 0 Å². The van der Waals surface area contributed by atoms with Crippen LogP contribution in [0.3, 0.4) is 0 Å². The van der Waals surface area contributed by atoms with Crippen LogP contribution in [0.15, 0.2) is 11.2 Å². The molecule has 0 spiro atoms. The van der Waals surface area contributed by atoms with Crippen molar-refractivity contribution in [2.45, 2.75) is 6.92 Å². The fourth-order valence-corrected chi connectivity index (χ4v) is 2.21. The molecule has 1 aromatic heterocycles. The number of rotatable bonds is 1. The van der Waals surface area contributed by atoms with Crippen molar-refractivity contribution in [1.82, 2.24) is 0 Å². The predicted molar refractivity (Wildman–Crippen MR) is 48.3 cm³/mol. The number of oxime groups is 1. The first-order valence-electron chi connectivity index (χ1n) is 2.79. The average Bonchev–Trinajstić information content (AvgIpc) is 2.28. The highest BCUT2D eigenvalue weighted by atomic mass is 35.5. The van der Waals surface area contributed by atoms with Crippen LogP contribution in [0.4, 0.5) is 0 Å². The van der Waals surface area contributed by atoms with E-state index in [0.29, 0.717) is 19.9 Å². The molecule has 1 rings (SSSR count). The molecule has 5 heteroatoms. The molecule has 11 heavy (non-hydrogen) atoms. The van der Waals surface area contributed by atoms with Crippen LogP contribution in [0, 0.1) is 0 Å². The van der Waals surface area contributed by atoms with Crippen molar-refractivity contribution in [3.8, 4) is 0 Å². The maximum atomic E-state index is 8.41. The molecule has 0 saturated heterocycles. The minimum absolute atomic E-state index is 0.471. The molecule has 1 heterocycles. The van der Waals surface area contributed by atoms with E-state index in [9.17, 15) is 0 Å². The Kier molecular flexibility index (Phi) is 2.76.